The van der Waals surface area contributed by atoms with Gasteiger partial charge in [0, 0.05) is 17.8 Å². The summed E-state index contributed by atoms with van der Waals surface area (Å²) in [7, 11) is 0. The molecule has 0 aliphatic carbocycles. The van der Waals surface area contributed by atoms with Crippen molar-refractivity contribution in [2.24, 2.45) is 5.92 Å². The molecular formula is C18H19FN2O3. The maximum absolute atomic E-state index is 13.0. The van der Waals surface area contributed by atoms with E-state index >= 15 is 0 Å². The van der Waals surface area contributed by atoms with E-state index in [4.69, 9.17) is 5.11 Å². The SMILES string of the molecule is CC(C)C(Cc1ccc(F)cc1)NC(=O)c1ccnc(C(=O)O)c1. The van der Waals surface area contributed by atoms with Gasteiger partial charge >= 0.3 is 5.97 Å². The summed E-state index contributed by atoms with van der Waals surface area (Å²) >= 11 is 0. The fourth-order valence-electron chi connectivity index (χ4n) is 2.27. The first-order chi connectivity index (χ1) is 11.4. The average Bonchev–Trinajstić information content (AvgIpc) is 2.56. The van der Waals surface area contributed by atoms with Crippen molar-refractivity contribution in [3.8, 4) is 0 Å². The summed E-state index contributed by atoms with van der Waals surface area (Å²) < 4.78 is 13.0. The first-order valence-electron chi connectivity index (χ1n) is 7.61. The number of aromatic carboxylic acids is 1. The highest BCUT2D eigenvalue weighted by Crippen LogP contribution is 2.13. The van der Waals surface area contributed by atoms with E-state index in [0.717, 1.165) is 5.56 Å². The van der Waals surface area contributed by atoms with Crippen LogP contribution < -0.4 is 5.32 Å². The summed E-state index contributed by atoms with van der Waals surface area (Å²) in [5.74, 6) is -1.70. The van der Waals surface area contributed by atoms with Crippen LogP contribution in [0, 0.1) is 11.7 Å². The number of carbonyl (C=O) groups excluding carboxylic acids is 1. The lowest BCUT2D eigenvalue weighted by Crippen LogP contribution is -2.40. The van der Waals surface area contributed by atoms with Crippen molar-refractivity contribution in [3.63, 3.8) is 0 Å². The maximum atomic E-state index is 13.0. The zero-order valence-electron chi connectivity index (χ0n) is 13.5. The Morgan fingerprint density at radius 3 is 2.46 bits per heavy atom. The molecule has 1 aromatic carbocycles. The van der Waals surface area contributed by atoms with Crippen LogP contribution >= 0.6 is 0 Å². The smallest absolute Gasteiger partial charge is 0.354 e. The first kappa shape index (κ1) is 17.6. The highest BCUT2D eigenvalue weighted by atomic mass is 19.1. The molecular weight excluding hydrogens is 311 g/mol. The number of nitrogens with zero attached hydrogens (tertiary/aromatic N) is 1. The van der Waals surface area contributed by atoms with Gasteiger partial charge in [0.05, 0.1) is 0 Å². The Hall–Kier alpha value is -2.76. The van der Waals surface area contributed by atoms with Gasteiger partial charge in [-0.2, -0.15) is 0 Å². The second-order valence-corrected chi connectivity index (χ2v) is 5.89. The lowest BCUT2D eigenvalue weighted by Gasteiger charge is -2.22. The second-order valence-electron chi connectivity index (χ2n) is 5.89. The van der Waals surface area contributed by atoms with Crippen molar-refractivity contribution < 1.29 is 19.1 Å². The van der Waals surface area contributed by atoms with Gasteiger partial charge in [0.15, 0.2) is 0 Å². The van der Waals surface area contributed by atoms with Crippen LogP contribution in [0.2, 0.25) is 0 Å². The highest BCUT2D eigenvalue weighted by Gasteiger charge is 2.19. The highest BCUT2D eigenvalue weighted by molar-refractivity contribution is 5.96. The minimum atomic E-state index is -1.18. The average molecular weight is 330 g/mol. The van der Waals surface area contributed by atoms with Gasteiger partial charge in [-0.15, -0.1) is 0 Å². The molecule has 2 rings (SSSR count). The summed E-state index contributed by atoms with van der Waals surface area (Å²) in [5, 5.41) is 11.9. The van der Waals surface area contributed by atoms with Gasteiger partial charge in [0.1, 0.15) is 11.5 Å². The molecule has 0 radical (unpaired) electrons. The molecule has 0 saturated heterocycles. The van der Waals surface area contributed by atoms with Crippen LogP contribution in [0.3, 0.4) is 0 Å². The number of hydrogen-bond donors (Lipinski definition) is 2. The van der Waals surface area contributed by atoms with E-state index in [1.54, 1.807) is 12.1 Å². The molecule has 0 saturated carbocycles. The zero-order chi connectivity index (χ0) is 17.7. The molecule has 0 aliphatic heterocycles. The van der Waals surface area contributed by atoms with Gasteiger partial charge in [-0.3, -0.25) is 4.79 Å². The summed E-state index contributed by atoms with van der Waals surface area (Å²) in [6.45, 7) is 3.95. The normalized spacial score (nSPS) is 12.0. The minimum Gasteiger partial charge on any atom is -0.477 e. The van der Waals surface area contributed by atoms with Gasteiger partial charge in [0.2, 0.25) is 0 Å². The van der Waals surface area contributed by atoms with Crippen molar-refractivity contribution >= 4 is 11.9 Å². The number of benzene rings is 1. The number of carboxylic acids is 1. The molecule has 1 unspecified atom stereocenters. The molecule has 1 heterocycles. The third-order valence-electron chi connectivity index (χ3n) is 3.73. The van der Waals surface area contributed by atoms with Crippen LogP contribution in [0.4, 0.5) is 4.39 Å². The Balaban J connectivity index is 2.12. The molecule has 1 aromatic heterocycles. The lowest BCUT2D eigenvalue weighted by molar-refractivity contribution is 0.0690. The van der Waals surface area contributed by atoms with Gasteiger partial charge in [-0.25, -0.2) is 14.2 Å². The van der Waals surface area contributed by atoms with E-state index < -0.39 is 5.97 Å². The quantitative estimate of drug-likeness (QED) is 0.853. The standard InChI is InChI=1S/C18H19FN2O3/c1-11(2)15(9-12-3-5-14(19)6-4-12)21-17(22)13-7-8-20-16(10-13)18(23)24/h3-8,10-11,15H,9H2,1-2H3,(H,21,22)(H,23,24). The van der Waals surface area contributed by atoms with Gasteiger partial charge in [0.25, 0.3) is 5.91 Å². The summed E-state index contributed by atoms with van der Waals surface area (Å²) in [6, 6.07) is 8.69. The molecule has 24 heavy (non-hydrogen) atoms. The zero-order valence-corrected chi connectivity index (χ0v) is 13.5. The van der Waals surface area contributed by atoms with Gasteiger partial charge < -0.3 is 10.4 Å². The Morgan fingerprint density at radius 2 is 1.88 bits per heavy atom. The van der Waals surface area contributed by atoms with Crippen LogP contribution in [-0.4, -0.2) is 28.0 Å². The van der Waals surface area contributed by atoms with E-state index in [0.29, 0.717) is 6.42 Å². The molecule has 0 spiro atoms. The third-order valence-corrected chi connectivity index (χ3v) is 3.73. The van der Waals surface area contributed by atoms with Crippen molar-refractivity contribution in [1.82, 2.24) is 10.3 Å². The lowest BCUT2D eigenvalue weighted by atomic mass is 9.96. The minimum absolute atomic E-state index is 0.153. The molecule has 6 heteroatoms. The Bertz CT molecular complexity index is 729. The van der Waals surface area contributed by atoms with Crippen LogP contribution in [0.25, 0.3) is 0 Å². The predicted octanol–water partition coefficient (Wildman–Crippen LogP) is 2.92. The number of carbonyl (C=O) groups is 2. The third kappa shape index (κ3) is 4.62. The fraction of sp³-hybridized carbons (Fsp3) is 0.278. The molecule has 1 amide bonds. The number of amides is 1. The van der Waals surface area contributed by atoms with E-state index in [1.165, 1.54) is 30.5 Å². The van der Waals surface area contributed by atoms with E-state index in [9.17, 15) is 14.0 Å². The van der Waals surface area contributed by atoms with E-state index in [1.807, 2.05) is 13.8 Å². The molecule has 126 valence electrons. The fourth-order valence-corrected chi connectivity index (χ4v) is 2.27. The number of pyridine rings is 1. The Morgan fingerprint density at radius 1 is 1.21 bits per heavy atom. The van der Waals surface area contributed by atoms with Crippen molar-refractivity contribution in [1.29, 1.82) is 0 Å². The number of aromatic nitrogens is 1. The number of halogens is 1. The first-order valence-corrected chi connectivity index (χ1v) is 7.61. The van der Waals surface area contributed by atoms with Gasteiger partial charge in [-0.1, -0.05) is 26.0 Å². The molecule has 1 atom stereocenters. The predicted molar refractivity (Wildman–Crippen MR) is 87.4 cm³/mol. The van der Waals surface area contributed by atoms with Crippen molar-refractivity contribution in [3.05, 3.63) is 65.2 Å². The van der Waals surface area contributed by atoms with Crippen LogP contribution in [0.1, 0.15) is 40.3 Å². The molecule has 2 aromatic rings. The van der Waals surface area contributed by atoms with E-state index in [-0.39, 0.29) is 34.9 Å². The van der Waals surface area contributed by atoms with Crippen molar-refractivity contribution in [2.75, 3.05) is 0 Å². The number of nitrogens with one attached hydrogen (secondary N) is 1. The maximum Gasteiger partial charge on any atom is 0.354 e. The number of carboxylic acid groups (broad SMARTS) is 1. The molecule has 0 aliphatic rings. The van der Waals surface area contributed by atoms with Crippen LogP contribution in [0.15, 0.2) is 42.6 Å². The van der Waals surface area contributed by atoms with E-state index in [2.05, 4.69) is 10.3 Å². The Labute approximate surface area is 139 Å². The van der Waals surface area contributed by atoms with Gasteiger partial charge in [-0.05, 0) is 42.2 Å². The van der Waals surface area contributed by atoms with Crippen LogP contribution in [-0.2, 0) is 6.42 Å². The number of rotatable bonds is 6. The summed E-state index contributed by atoms with van der Waals surface area (Å²) in [6.07, 6.45) is 1.85. The molecule has 5 nitrogen and oxygen atoms in total. The largest absolute Gasteiger partial charge is 0.477 e. The second kappa shape index (κ2) is 7.68. The molecule has 2 N–H and O–H groups in total. The topological polar surface area (TPSA) is 79.3 Å². The molecule has 0 fully saturated rings. The number of hydrogen-bond acceptors (Lipinski definition) is 3. The summed E-state index contributed by atoms with van der Waals surface area (Å²) in [5.41, 5.74) is 0.978. The summed E-state index contributed by atoms with van der Waals surface area (Å²) in [4.78, 5) is 27.0. The van der Waals surface area contributed by atoms with Crippen LogP contribution in [0.5, 0.6) is 0 Å². The van der Waals surface area contributed by atoms with Crippen molar-refractivity contribution in [2.45, 2.75) is 26.3 Å². The Kier molecular flexibility index (Phi) is 5.63. The monoisotopic (exact) mass is 330 g/mol. The molecule has 0 bridgehead atoms.